The number of nitrogen functional groups attached to an aromatic ring is 1. The highest BCUT2D eigenvalue weighted by atomic mass is 16.5. The van der Waals surface area contributed by atoms with Gasteiger partial charge in [0.2, 0.25) is 5.88 Å². The maximum absolute atomic E-state index is 6.10. The zero-order valence-electron chi connectivity index (χ0n) is 12.1. The van der Waals surface area contributed by atoms with Crippen molar-refractivity contribution >= 4 is 11.5 Å². The molecule has 0 saturated heterocycles. The lowest BCUT2D eigenvalue weighted by molar-refractivity contribution is 0.326. The quantitative estimate of drug-likeness (QED) is 0.855. The van der Waals surface area contributed by atoms with E-state index in [0.29, 0.717) is 24.2 Å². The largest absolute Gasteiger partial charge is 0.476 e. The Morgan fingerprint density at radius 2 is 2.00 bits per heavy atom. The van der Waals surface area contributed by atoms with Gasteiger partial charge in [-0.3, -0.25) is 0 Å². The van der Waals surface area contributed by atoms with Gasteiger partial charge in [0.05, 0.1) is 6.61 Å². The van der Waals surface area contributed by atoms with E-state index in [-0.39, 0.29) is 5.92 Å². The molecule has 1 aliphatic carbocycles. The summed E-state index contributed by atoms with van der Waals surface area (Å²) in [7, 11) is 0. The van der Waals surface area contributed by atoms with Crippen molar-refractivity contribution < 1.29 is 4.74 Å². The highest BCUT2D eigenvalue weighted by Gasteiger charge is 2.20. The standard InChI is InChI=1S/C14H24N4O/c1-4-19-14-11(15)13(16-10-7-5-6-8-10)17-12(18-14)9(2)3/h9-10H,4-8,15H2,1-3H3,(H,16,17,18). The van der Waals surface area contributed by atoms with Gasteiger partial charge in [-0.15, -0.1) is 0 Å². The minimum Gasteiger partial charge on any atom is -0.476 e. The van der Waals surface area contributed by atoms with Crippen LogP contribution in [0.4, 0.5) is 11.5 Å². The summed E-state index contributed by atoms with van der Waals surface area (Å²) in [6.07, 6.45) is 4.92. The molecule has 0 radical (unpaired) electrons. The number of hydrogen-bond donors (Lipinski definition) is 2. The number of rotatable bonds is 5. The smallest absolute Gasteiger partial charge is 0.242 e. The van der Waals surface area contributed by atoms with Crippen LogP contribution in [0.3, 0.4) is 0 Å². The van der Waals surface area contributed by atoms with Gasteiger partial charge in [-0.05, 0) is 19.8 Å². The summed E-state index contributed by atoms with van der Waals surface area (Å²) >= 11 is 0. The number of nitrogens with two attached hydrogens (primary N) is 1. The third-order valence-electron chi connectivity index (χ3n) is 3.42. The average molecular weight is 264 g/mol. The van der Waals surface area contributed by atoms with E-state index in [1.165, 1.54) is 25.7 Å². The van der Waals surface area contributed by atoms with E-state index in [1.807, 2.05) is 6.92 Å². The number of nitrogens with zero attached hydrogens (tertiary/aromatic N) is 2. The van der Waals surface area contributed by atoms with Crippen LogP contribution in [0.25, 0.3) is 0 Å². The van der Waals surface area contributed by atoms with Gasteiger partial charge in [0, 0.05) is 12.0 Å². The van der Waals surface area contributed by atoms with E-state index >= 15 is 0 Å². The first-order valence-corrected chi connectivity index (χ1v) is 7.18. The normalized spacial score (nSPS) is 16.0. The zero-order chi connectivity index (χ0) is 13.8. The van der Waals surface area contributed by atoms with E-state index in [9.17, 15) is 0 Å². The van der Waals surface area contributed by atoms with Crippen LogP contribution in [0.15, 0.2) is 0 Å². The van der Waals surface area contributed by atoms with Crippen LogP contribution in [0.1, 0.15) is 58.2 Å². The maximum atomic E-state index is 6.10. The van der Waals surface area contributed by atoms with Crippen LogP contribution < -0.4 is 15.8 Å². The summed E-state index contributed by atoms with van der Waals surface area (Å²) in [4.78, 5) is 8.95. The van der Waals surface area contributed by atoms with Crippen LogP contribution in [0.2, 0.25) is 0 Å². The Morgan fingerprint density at radius 3 is 2.58 bits per heavy atom. The molecule has 5 nitrogen and oxygen atoms in total. The highest BCUT2D eigenvalue weighted by Crippen LogP contribution is 2.31. The van der Waals surface area contributed by atoms with Gasteiger partial charge in [0.25, 0.3) is 0 Å². The second-order valence-corrected chi connectivity index (χ2v) is 5.36. The molecular formula is C14H24N4O. The van der Waals surface area contributed by atoms with Crippen LogP contribution in [0.5, 0.6) is 5.88 Å². The lowest BCUT2D eigenvalue weighted by atomic mass is 10.2. The van der Waals surface area contributed by atoms with Crippen molar-refractivity contribution in [2.24, 2.45) is 0 Å². The summed E-state index contributed by atoms with van der Waals surface area (Å²) < 4.78 is 5.52. The van der Waals surface area contributed by atoms with Crippen LogP contribution >= 0.6 is 0 Å². The average Bonchev–Trinajstić information content (AvgIpc) is 2.87. The van der Waals surface area contributed by atoms with Gasteiger partial charge in [0.15, 0.2) is 5.82 Å². The Hall–Kier alpha value is -1.52. The molecule has 1 saturated carbocycles. The van der Waals surface area contributed by atoms with Crippen molar-refractivity contribution in [3.8, 4) is 5.88 Å². The lowest BCUT2D eigenvalue weighted by Gasteiger charge is -2.18. The Bertz CT molecular complexity index is 428. The molecule has 0 aliphatic heterocycles. The number of anilines is 2. The molecule has 2 rings (SSSR count). The first-order valence-electron chi connectivity index (χ1n) is 7.18. The number of nitrogens with one attached hydrogen (secondary N) is 1. The SMILES string of the molecule is CCOc1nc(C(C)C)nc(NC2CCCC2)c1N. The molecule has 1 heterocycles. The molecule has 0 amide bonds. The van der Waals surface area contributed by atoms with Crippen molar-refractivity contribution in [3.63, 3.8) is 0 Å². The van der Waals surface area contributed by atoms with Gasteiger partial charge in [-0.25, -0.2) is 4.98 Å². The van der Waals surface area contributed by atoms with Crippen molar-refractivity contribution in [1.82, 2.24) is 9.97 Å². The summed E-state index contributed by atoms with van der Waals surface area (Å²) in [6, 6.07) is 0.478. The van der Waals surface area contributed by atoms with E-state index < -0.39 is 0 Å². The van der Waals surface area contributed by atoms with E-state index in [0.717, 1.165) is 11.6 Å². The summed E-state index contributed by atoms with van der Waals surface area (Å²) in [6.45, 7) is 6.63. The van der Waals surface area contributed by atoms with Crippen molar-refractivity contribution in [2.75, 3.05) is 17.7 Å². The molecular weight excluding hydrogens is 240 g/mol. The van der Waals surface area contributed by atoms with Gasteiger partial charge in [-0.2, -0.15) is 4.98 Å². The molecule has 1 fully saturated rings. The minimum absolute atomic E-state index is 0.254. The van der Waals surface area contributed by atoms with Crippen LogP contribution in [-0.4, -0.2) is 22.6 Å². The Balaban J connectivity index is 2.28. The van der Waals surface area contributed by atoms with Crippen LogP contribution in [0, 0.1) is 0 Å². The molecule has 5 heteroatoms. The predicted molar refractivity (Wildman–Crippen MR) is 77.6 cm³/mol. The fourth-order valence-corrected chi connectivity index (χ4v) is 2.34. The molecule has 106 valence electrons. The lowest BCUT2D eigenvalue weighted by Crippen LogP contribution is -2.19. The Morgan fingerprint density at radius 1 is 1.32 bits per heavy atom. The monoisotopic (exact) mass is 264 g/mol. The van der Waals surface area contributed by atoms with E-state index in [4.69, 9.17) is 10.5 Å². The van der Waals surface area contributed by atoms with Crippen molar-refractivity contribution in [3.05, 3.63) is 5.82 Å². The number of aromatic nitrogens is 2. The van der Waals surface area contributed by atoms with E-state index in [2.05, 4.69) is 29.1 Å². The first-order chi connectivity index (χ1) is 9.11. The minimum atomic E-state index is 0.254. The summed E-state index contributed by atoms with van der Waals surface area (Å²) in [5.74, 6) is 2.26. The third kappa shape index (κ3) is 3.28. The molecule has 0 unspecified atom stereocenters. The molecule has 1 aliphatic rings. The predicted octanol–water partition coefficient (Wildman–Crippen LogP) is 2.94. The topological polar surface area (TPSA) is 73.1 Å². The maximum Gasteiger partial charge on any atom is 0.242 e. The van der Waals surface area contributed by atoms with Gasteiger partial charge < -0.3 is 15.8 Å². The third-order valence-corrected chi connectivity index (χ3v) is 3.42. The summed E-state index contributed by atoms with van der Waals surface area (Å²) in [5.41, 5.74) is 6.63. The summed E-state index contributed by atoms with van der Waals surface area (Å²) in [5, 5.41) is 3.45. The second kappa shape index (κ2) is 6.08. The molecule has 3 N–H and O–H groups in total. The fraction of sp³-hybridized carbons (Fsp3) is 0.714. The Labute approximate surface area is 115 Å². The molecule has 0 atom stereocenters. The van der Waals surface area contributed by atoms with Gasteiger partial charge in [0.1, 0.15) is 11.5 Å². The van der Waals surface area contributed by atoms with Crippen molar-refractivity contribution in [2.45, 2.75) is 58.4 Å². The molecule has 0 bridgehead atoms. The van der Waals surface area contributed by atoms with Crippen LogP contribution in [-0.2, 0) is 0 Å². The molecule has 0 aromatic carbocycles. The Kier molecular flexibility index (Phi) is 4.45. The molecule has 0 spiro atoms. The molecule has 19 heavy (non-hydrogen) atoms. The first kappa shape index (κ1) is 13.9. The second-order valence-electron chi connectivity index (χ2n) is 5.36. The number of ether oxygens (including phenoxy) is 1. The van der Waals surface area contributed by atoms with Crippen molar-refractivity contribution in [1.29, 1.82) is 0 Å². The fourth-order valence-electron chi connectivity index (χ4n) is 2.34. The van der Waals surface area contributed by atoms with Gasteiger partial charge >= 0.3 is 0 Å². The molecule has 1 aromatic rings. The van der Waals surface area contributed by atoms with Gasteiger partial charge in [-0.1, -0.05) is 26.7 Å². The highest BCUT2D eigenvalue weighted by molar-refractivity contribution is 5.67. The van der Waals surface area contributed by atoms with E-state index in [1.54, 1.807) is 0 Å². The zero-order valence-corrected chi connectivity index (χ0v) is 12.1. The molecule has 1 aromatic heterocycles. The number of hydrogen-bond acceptors (Lipinski definition) is 5.